The van der Waals surface area contributed by atoms with Gasteiger partial charge in [0.1, 0.15) is 5.82 Å². The van der Waals surface area contributed by atoms with Crippen molar-refractivity contribution >= 4 is 29.1 Å². The molecule has 0 saturated heterocycles. The second kappa shape index (κ2) is 7.71. The van der Waals surface area contributed by atoms with Gasteiger partial charge in [0.2, 0.25) is 0 Å². The molecule has 23 heavy (non-hydrogen) atoms. The van der Waals surface area contributed by atoms with Crippen LogP contribution in [0.1, 0.15) is 11.7 Å². The predicted octanol–water partition coefficient (Wildman–Crippen LogP) is 2.27. The standard InChI is InChI=1S/C16H14ClFN2O3/c17-13-7-2-1-6-12(13)14(21)9-19-15(22)16(23)20-11-5-3-4-10(18)8-11/h1-8,14,21H,9H2,(H,19,22)(H,20,23). The SMILES string of the molecule is O=C(NCC(O)c1ccccc1Cl)C(=O)Nc1cccc(F)c1. The first-order valence-corrected chi connectivity index (χ1v) is 7.12. The molecule has 7 heteroatoms. The molecule has 1 unspecified atom stereocenters. The van der Waals surface area contributed by atoms with Gasteiger partial charge in [-0.15, -0.1) is 0 Å². The number of halogens is 2. The van der Waals surface area contributed by atoms with Crippen molar-refractivity contribution in [1.82, 2.24) is 5.32 Å². The van der Waals surface area contributed by atoms with Gasteiger partial charge in [-0.25, -0.2) is 4.39 Å². The second-order valence-electron chi connectivity index (χ2n) is 4.71. The van der Waals surface area contributed by atoms with Gasteiger partial charge in [-0.1, -0.05) is 35.9 Å². The van der Waals surface area contributed by atoms with Crippen molar-refractivity contribution in [3.63, 3.8) is 0 Å². The molecule has 0 bridgehead atoms. The van der Waals surface area contributed by atoms with Gasteiger partial charge in [0.05, 0.1) is 6.10 Å². The fraction of sp³-hybridized carbons (Fsp3) is 0.125. The van der Waals surface area contributed by atoms with E-state index in [1.54, 1.807) is 24.3 Å². The molecule has 2 aromatic rings. The largest absolute Gasteiger partial charge is 0.387 e. The molecule has 0 heterocycles. The Bertz CT molecular complexity index is 724. The van der Waals surface area contributed by atoms with Crippen LogP contribution in [0.5, 0.6) is 0 Å². The molecule has 0 saturated carbocycles. The van der Waals surface area contributed by atoms with Crippen molar-refractivity contribution in [2.24, 2.45) is 0 Å². The summed E-state index contributed by atoms with van der Waals surface area (Å²) < 4.78 is 13.0. The summed E-state index contributed by atoms with van der Waals surface area (Å²) in [5, 5.41) is 14.9. The summed E-state index contributed by atoms with van der Waals surface area (Å²) in [6.45, 7) is -0.181. The highest BCUT2D eigenvalue weighted by Crippen LogP contribution is 2.21. The smallest absolute Gasteiger partial charge is 0.313 e. The monoisotopic (exact) mass is 336 g/mol. The minimum Gasteiger partial charge on any atom is -0.387 e. The van der Waals surface area contributed by atoms with Crippen molar-refractivity contribution in [2.75, 3.05) is 11.9 Å². The van der Waals surface area contributed by atoms with Crippen molar-refractivity contribution in [1.29, 1.82) is 0 Å². The fourth-order valence-corrected chi connectivity index (χ4v) is 2.14. The highest BCUT2D eigenvalue weighted by molar-refractivity contribution is 6.39. The van der Waals surface area contributed by atoms with E-state index in [4.69, 9.17) is 11.6 Å². The molecule has 0 aromatic heterocycles. The Labute approximate surface area is 137 Å². The topological polar surface area (TPSA) is 78.4 Å². The van der Waals surface area contributed by atoms with Gasteiger partial charge in [-0.05, 0) is 24.3 Å². The van der Waals surface area contributed by atoms with Crippen LogP contribution in [0.3, 0.4) is 0 Å². The van der Waals surface area contributed by atoms with E-state index in [1.807, 2.05) is 0 Å². The van der Waals surface area contributed by atoms with E-state index < -0.39 is 23.7 Å². The highest BCUT2D eigenvalue weighted by Gasteiger charge is 2.17. The van der Waals surface area contributed by atoms with Gasteiger partial charge in [-0.3, -0.25) is 9.59 Å². The van der Waals surface area contributed by atoms with Crippen molar-refractivity contribution < 1.29 is 19.1 Å². The van der Waals surface area contributed by atoms with E-state index in [0.717, 1.165) is 6.07 Å². The molecule has 5 nitrogen and oxygen atoms in total. The van der Waals surface area contributed by atoms with Crippen LogP contribution in [-0.2, 0) is 9.59 Å². The summed E-state index contributed by atoms with van der Waals surface area (Å²) >= 11 is 5.93. The summed E-state index contributed by atoms with van der Waals surface area (Å²) in [6.07, 6.45) is -1.05. The first-order valence-electron chi connectivity index (χ1n) is 6.74. The summed E-state index contributed by atoms with van der Waals surface area (Å²) in [4.78, 5) is 23.4. The van der Waals surface area contributed by atoms with Crippen LogP contribution in [-0.4, -0.2) is 23.5 Å². The molecular formula is C16H14ClFN2O3. The molecule has 0 aliphatic heterocycles. The fourth-order valence-electron chi connectivity index (χ4n) is 1.88. The molecule has 1 atom stereocenters. The Hall–Kier alpha value is -2.44. The number of hydrogen-bond acceptors (Lipinski definition) is 3. The van der Waals surface area contributed by atoms with E-state index in [2.05, 4.69) is 10.6 Å². The summed E-state index contributed by atoms with van der Waals surface area (Å²) in [7, 11) is 0. The Morgan fingerprint density at radius 3 is 2.57 bits per heavy atom. The molecule has 120 valence electrons. The summed E-state index contributed by atoms with van der Waals surface area (Å²) in [5.41, 5.74) is 0.608. The van der Waals surface area contributed by atoms with E-state index in [1.165, 1.54) is 18.2 Å². The van der Waals surface area contributed by atoms with Crippen LogP contribution in [0.2, 0.25) is 5.02 Å². The van der Waals surface area contributed by atoms with Gasteiger partial charge in [-0.2, -0.15) is 0 Å². The average Bonchev–Trinajstić information content (AvgIpc) is 2.52. The maximum Gasteiger partial charge on any atom is 0.313 e. The lowest BCUT2D eigenvalue weighted by Crippen LogP contribution is -2.37. The number of anilines is 1. The number of carbonyl (C=O) groups is 2. The molecule has 2 aromatic carbocycles. The third kappa shape index (κ3) is 4.77. The zero-order valence-electron chi connectivity index (χ0n) is 11.9. The van der Waals surface area contributed by atoms with E-state index in [9.17, 15) is 19.1 Å². The minimum atomic E-state index is -1.05. The first kappa shape index (κ1) is 16.9. The Morgan fingerprint density at radius 2 is 1.87 bits per heavy atom. The van der Waals surface area contributed by atoms with Crippen LogP contribution in [0, 0.1) is 5.82 Å². The van der Waals surface area contributed by atoms with E-state index in [-0.39, 0.29) is 12.2 Å². The number of aliphatic hydroxyl groups is 1. The summed E-state index contributed by atoms with van der Waals surface area (Å²) in [6, 6.07) is 11.8. The molecule has 0 radical (unpaired) electrons. The lowest BCUT2D eigenvalue weighted by molar-refractivity contribution is -0.136. The zero-order valence-corrected chi connectivity index (χ0v) is 12.7. The highest BCUT2D eigenvalue weighted by atomic mass is 35.5. The third-order valence-corrected chi connectivity index (χ3v) is 3.35. The van der Waals surface area contributed by atoms with Crippen LogP contribution in [0.25, 0.3) is 0 Å². The molecular weight excluding hydrogens is 323 g/mol. The molecule has 3 N–H and O–H groups in total. The quantitative estimate of drug-likeness (QED) is 0.749. The van der Waals surface area contributed by atoms with Gasteiger partial charge in [0, 0.05) is 22.8 Å². The normalized spacial score (nSPS) is 11.6. The Kier molecular flexibility index (Phi) is 5.67. The van der Waals surface area contributed by atoms with Gasteiger partial charge in [0.15, 0.2) is 0 Å². The maximum atomic E-state index is 13.0. The lowest BCUT2D eigenvalue weighted by Gasteiger charge is -2.13. The van der Waals surface area contributed by atoms with Crippen molar-refractivity contribution in [3.8, 4) is 0 Å². The average molecular weight is 337 g/mol. The number of aliphatic hydroxyl groups excluding tert-OH is 1. The maximum absolute atomic E-state index is 13.0. The van der Waals surface area contributed by atoms with Crippen molar-refractivity contribution in [3.05, 3.63) is 64.9 Å². The molecule has 0 spiro atoms. The number of nitrogens with one attached hydrogen (secondary N) is 2. The van der Waals surface area contributed by atoms with Gasteiger partial charge >= 0.3 is 11.8 Å². The molecule has 2 rings (SSSR count). The minimum absolute atomic E-state index is 0.164. The second-order valence-corrected chi connectivity index (χ2v) is 5.12. The Morgan fingerprint density at radius 1 is 1.13 bits per heavy atom. The lowest BCUT2D eigenvalue weighted by atomic mass is 10.1. The van der Waals surface area contributed by atoms with E-state index >= 15 is 0 Å². The van der Waals surface area contributed by atoms with Crippen LogP contribution >= 0.6 is 11.6 Å². The summed E-state index contributed by atoms with van der Waals surface area (Å²) in [5.74, 6) is -2.43. The number of hydrogen-bond donors (Lipinski definition) is 3. The van der Waals surface area contributed by atoms with Crippen LogP contribution < -0.4 is 10.6 Å². The van der Waals surface area contributed by atoms with Gasteiger partial charge in [0.25, 0.3) is 0 Å². The molecule has 0 aliphatic rings. The number of carbonyl (C=O) groups excluding carboxylic acids is 2. The number of benzene rings is 2. The van der Waals surface area contributed by atoms with Crippen LogP contribution in [0.15, 0.2) is 48.5 Å². The van der Waals surface area contributed by atoms with Crippen molar-refractivity contribution in [2.45, 2.75) is 6.10 Å². The zero-order chi connectivity index (χ0) is 16.8. The van der Waals surface area contributed by atoms with Gasteiger partial charge < -0.3 is 15.7 Å². The predicted molar refractivity (Wildman–Crippen MR) is 84.5 cm³/mol. The number of amides is 2. The van der Waals surface area contributed by atoms with E-state index in [0.29, 0.717) is 10.6 Å². The molecule has 2 amide bonds. The third-order valence-electron chi connectivity index (χ3n) is 3.01. The number of rotatable bonds is 4. The first-order chi connectivity index (χ1) is 11.0. The van der Waals surface area contributed by atoms with Crippen LogP contribution in [0.4, 0.5) is 10.1 Å². The molecule has 0 fully saturated rings. The Balaban J connectivity index is 1.89. The molecule has 0 aliphatic carbocycles.